The van der Waals surface area contributed by atoms with Gasteiger partial charge in [0.15, 0.2) is 0 Å². The van der Waals surface area contributed by atoms with Gasteiger partial charge in [-0.2, -0.15) is 0 Å². The predicted molar refractivity (Wildman–Crippen MR) is 167 cm³/mol. The van der Waals surface area contributed by atoms with Crippen LogP contribution in [0, 0.1) is 0 Å². The summed E-state index contributed by atoms with van der Waals surface area (Å²) in [6.07, 6.45) is 0.811. The molecule has 4 aromatic carbocycles. The van der Waals surface area contributed by atoms with Crippen molar-refractivity contribution in [3.8, 4) is 0 Å². The smallest absolute Gasteiger partial charge is 0.264 e. The maximum atomic E-state index is 14.3. The Balaban J connectivity index is 1.80. The Morgan fingerprint density at radius 2 is 1.40 bits per heavy atom. The minimum absolute atomic E-state index is 0.0695. The van der Waals surface area contributed by atoms with E-state index in [0.29, 0.717) is 17.1 Å². The monoisotopic (exact) mass is 603 g/mol. The molecule has 4 aromatic rings. The van der Waals surface area contributed by atoms with Crippen LogP contribution in [0.3, 0.4) is 0 Å². The lowest BCUT2D eigenvalue weighted by molar-refractivity contribution is -0.139. The van der Waals surface area contributed by atoms with Gasteiger partial charge in [0.1, 0.15) is 12.6 Å². The molecule has 4 rings (SSSR count). The van der Waals surface area contributed by atoms with Crippen molar-refractivity contribution in [2.45, 2.75) is 37.2 Å². The molecule has 218 valence electrons. The molecule has 1 atom stereocenters. The van der Waals surface area contributed by atoms with Gasteiger partial charge in [0, 0.05) is 25.0 Å². The zero-order valence-electron chi connectivity index (χ0n) is 23.6. The minimum Gasteiger partial charge on any atom is -0.357 e. The first kappa shape index (κ1) is 30.8. The molecular formula is C33H34ClN3O4S. The average Bonchev–Trinajstić information content (AvgIpc) is 3.02. The molecule has 1 N–H and O–H groups in total. The molecule has 42 heavy (non-hydrogen) atoms. The first-order valence-corrected chi connectivity index (χ1v) is 15.5. The van der Waals surface area contributed by atoms with E-state index in [0.717, 1.165) is 21.0 Å². The molecule has 0 bridgehead atoms. The average molecular weight is 604 g/mol. The highest BCUT2D eigenvalue weighted by Crippen LogP contribution is 2.28. The highest BCUT2D eigenvalue weighted by atomic mass is 35.5. The van der Waals surface area contributed by atoms with Crippen LogP contribution in [0.15, 0.2) is 114 Å². The summed E-state index contributed by atoms with van der Waals surface area (Å²) < 4.78 is 29.3. The third-order valence-corrected chi connectivity index (χ3v) is 9.06. The maximum Gasteiger partial charge on any atom is 0.264 e. The second-order valence-corrected chi connectivity index (χ2v) is 12.1. The van der Waals surface area contributed by atoms with Crippen molar-refractivity contribution < 1.29 is 18.0 Å². The first-order chi connectivity index (χ1) is 20.2. The molecule has 0 aliphatic heterocycles. The van der Waals surface area contributed by atoms with E-state index in [1.54, 1.807) is 54.6 Å². The van der Waals surface area contributed by atoms with Gasteiger partial charge in [-0.25, -0.2) is 8.42 Å². The molecule has 0 radical (unpaired) electrons. The number of nitrogens with zero attached hydrogens (tertiary/aromatic N) is 2. The summed E-state index contributed by atoms with van der Waals surface area (Å²) in [6, 6.07) is 30.7. The van der Waals surface area contributed by atoms with Crippen molar-refractivity contribution >= 4 is 39.1 Å². The number of likely N-dealkylation sites (N-methyl/N-ethyl adjacent to an activating group) is 1. The molecule has 0 aliphatic carbocycles. The van der Waals surface area contributed by atoms with Gasteiger partial charge in [0.25, 0.3) is 10.0 Å². The molecule has 0 unspecified atom stereocenters. The normalized spacial score (nSPS) is 11.9. The van der Waals surface area contributed by atoms with Crippen LogP contribution in [0.5, 0.6) is 0 Å². The van der Waals surface area contributed by atoms with Gasteiger partial charge < -0.3 is 10.2 Å². The van der Waals surface area contributed by atoms with Crippen molar-refractivity contribution in [2.75, 3.05) is 17.9 Å². The lowest BCUT2D eigenvalue weighted by Gasteiger charge is -2.34. The Morgan fingerprint density at radius 1 is 0.810 bits per heavy atom. The van der Waals surface area contributed by atoms with Crippen LogP contribution in [0.1, 0.15) is 23.6 Å². The predicted octanol–water partition coefficient (Wildman–Crippen LogP) is 5.48. The fourth-order valence-electron chi connectivity index (χ4n) is 4.79. The summed E-state index contributed by atoms with van der Waals surface area (Å²) in [5.41, 5.74) is 2.82. The number of aryl methyl sites for hydroxylation is 1. The van der Waals surface area contributed by atoms with Crippen molar-refractivity contribution in [3.63, 3.8) is 0 Å². The first-order valence-electron chi connectivity index (χ1n) is 13.7. The van der Waals surface area contributed by atoms with Crippen LogP contribution >= 0.6 is 11.6 Å². The van der Waals surface area contributed by atoms with Crippen LogP contribution in [-0.2, 0) is 39.0 Å². The number of para-hydroxylation sites is 1. The summed E-state index contributed by atoms with van der Waals surface area (Å²) in [7, 11) is -2.61. The zero-order chi connectivity index (χ0) is 30.1. The van der Waals surface area contributed by atoms with Crippen LogP contribution in [0.25, 0.3) is 0 Å². The van der Waals surface area contributed by atoms with Gasteiger partial charge in [-0.1, -0.05) is 97.4 Å². The largest absolute Gasteiger partial charge is 0.357 e. The molecule has 0 saturated carbocycles. The van der Waals surface area contributed by atoms with E-state index in [1.807, 2.05) is 49.4 Å². The standard InChI is InChI=1S/C33H34ClN3O4S/c1-3-27-14-10-11-17-30(27)37(42(40,41)29-15-8-5-9-16-29)24-32(38)36(23-26-18-20-28(34)21-19-26)31(33(39)35-2)22-25-12-6-4-7-13-25/h4-21,31H,3,22-24H2,1-2H3,(H,35,39)/t31-/m0/s1. The van der Waals surface area contributed by atoms with Gasteiger partial charge in [0.05, 0.1) is 10.6 Å². The van der Waals surface area contributed by atoms with E-state index in [2.05, 4.69) is 5.32 Å². The summed E-state index contributed by atoms with van der Waals surface area (Å²) in [5.74, 6) is -0.868. The number of carbonyl (C=O) groups excluding carboxylic acids is 2. The number of halogens is 1. The number of carbonyl (C=O) groups is 2. The number of benzene rings is 4. The maximum absolute atomic E-state index is 14.3. The van der Waals surface area contributed by atoms with Gasteiger partial charge in [0.2, 0.25) is 11.8 Å². The lowest BCUT2D eigenvalue weighted by Crippen LogP contribution is -2.53. The molecule has 0 aromatic heterocycles. The van der Waals surface area contributed by atoms with Crippen molar-refractivity contribution in [2.24, 2.45) is 0 Å². The molecule has 2 amide bonds. The lowest BCUT2D eigenvalue weighted by atomic mass is 10.0. The summed E-state index contributed by atoms with van der Waals surface area (Å²) in [6.45, 7) is 1.52. The molecule has 0 spiro atoms. The van der Waals surface area contributed by atoms with Crippen molar-refractivity contribution in [3.05, 3.63) is 131 Å². The summed E-state index contributed by atoms with van der Waals surface area (Å²) >= 11 is 6.11. The van der Waals surface area contributed by atoms with Gasteiger partial charge in [-0.05, 0) is 53.4 Å². The Morgan fingerprint density at radius 3 is 2.02 bits per heavy atom. The Kier molecular flexibility index (Phi) is 10.4. The number of sulfonamides is 1. The van der Waals surface area contributed by atoms with E-state index in [-0.39, 0.29) is 23.8 Å². The zero-order valence-corrected chi connectivity index (χ0v) is 25.2. The van der Waals surface area contributed by atoms with Gasteiger partial charge in [-0.15, -0.1) is 0 Å². The quantitative estimate of drug-likeness (QED) is 0.232. The number of nitrogens with one attached hydrogen (secondary N) is 1. The van der Waals surface area contributed by atoms with Gasteiger partial charge >= 0.3 is 0 Å². The molecule has 0 fully saturated rings. The van der Waals surface area contributed by atoms with Gasteiger partial charge in [-0.3, -0.25) is 13.9 Å². The SMILES string of the molecule is CCc1ccccc1N(CC(=O)N(Cc1ccc(Cl)cc1)[C@@H](Cc1ccccc1)C(=O)NC)S(=O)(=O)c1ccccc1. The number of hydrogen-bond acceptors (Lipinski definition) is 4. The van der Waals surface area contributed by atoms with Crippen molar-refractivity contribution in [1.82, 2.24) is 10.2 Å². The third kappa shape index (κ3) is 7.38. The Labute approximate surface area is 252 Å². The van der Waals surface area contributed by atoms with Crippen LogP contribution < -0.4 is 9.62 Å². The number of rotatable bonds is 12. The summed E-state index contributed by atoms with van der Waals surface area (Å²) in [4.78, 5) is 29.2. The molecule has 0 saturated heterocycles. The highest BCUT2D eigenvalue weighted by molar-refractivity contribution is 7.92. The molecule has 0 heterocycles. The molecular weight excluding hydrogens is 570 g/mol. The van der Waals surface area contributed by atoms with Crippen LogP contribution in [-0.4, -0.2) is 44.8 Å². The fourth-order valence-corrected chi connectivity index (χ4v) is 6.39. The number of amides is 2. The number of hydrogen-bond donors (Lipinski definition) is 1. The second kappa shape index (κ2) is 14.2. The van der Waals surface area contributed by atoms with E-state index < -0.39 is 28.5 Å². The highest BCUT2D eigenvalue weighted by Gasteiger charge is 2.34. The van der Waals surface area contributed by atoms with Crippen molar-refractivity contribution in [1.29, 1.82) is 0 Å². The van der Waals surface area contributed by atoms with E-state index in [4.69, 9.17) is 11.6 Å². The van der Waals surface area contributed by atoms with E-state index in [1.165, 1.54) is 24.1 Å². The van der Waals surface area contributed by atoms with Crippen LogP contribution in [0.4, 0.5) is 5.69 Å². The second-order valence-electron chi connectivity index (χ2n) is 9.77. The molecule has 7 nitrogen and oxygen atoms in total. The molecule has 9 heteroatoms. The van der Waals surface area contributed by atoms with Crippen LogP contribution in [0.2, 0.25) is 5.02 Å². The van der Waals surface area contributed by atoms with E-state index >= 15 is 0 Å². The number of anilines is 1. The minimum atomic E-state index is -4.14. The molecule has 0 aliphatic rings. The summed E-state index contributed by atoms with van der Waals surface area (Å²) in [5, 5.41) is 3.23. The van der Waals surface area contributed by atoms with E-state index in [9.17, 15) is 18.0 Å². The third-order valence-electron chi connectivity index (χ3n) is 7.03. The topological polar surface area (TPSA) is 86.8 Å². The fraction of sp³-hybridized carbons (Fsp3) is 0.212. The Bertz CT molecular complexity index is 1600. The Hall–Kier alpha value is -4.14.